The van der Waals surface area contributed by atoms with Gasteiger partial charge in [-0.25, -0.2) is 0 Å². The van der Waals surface area contributed by atoms with Crippen LogP contribution in [0.25, 0.3) is 6.08 Å². The summed E-state index contributed by atoms with van der Waals surface area (Å²) < 4.78 is 6.21. The van der Waals surface area contributed by atoms with Crippen molar-refractivity contribution in [3.8, 4) is 0 Å². The molecule has 30 heavy (non-hydrogen) atoms. The van der Waals surface area contributed by atoms with Gasteiger partial charge >= 0.3 is 5.97 Å². The molecule has 1 aromatic carbocycles. The largest absolute Gasteiger partial charge is 0.466 e. The van der Waals surface area contributed by atoms with Crippen LogP contribution in [0.4, 0.5) is 0 Å². The van der Waals surface area contributed by atoms with E-state index < -0.39 is 5.41 Å². The highest BCUT2D eigenvalue weighted by Crippen LogP contribution is 2.36. The van der Waals surface area contributed by atoms with E-state index in [1.807, 2.05) is 56.3 Å². The van der Waals surface area contributed by atoms with E-state index in [1.54, 1.807) is 4.90 Å². The average molecular weight is 446 g/mol. The first-order chi connectivity index (χ1) is 14.5. The number of esters is 1. The zero-order valence-electron chi connectivity index (χ0n) is 17.4. The van der Waals surface area contributed by atoms with Gasteiger partial charge in [-0.2, -0.15) is 0 Å². The van der Waals surface area contributed by atoms with E-state index in [-0.39, 0.29) is 11.9 Å². The number of aromatic nitrogens is 2. The van der Waals surface area contributed by atoms with Gasteiger partial charge < -0.3 is 9.64 Å². The number of likely N-dealkylation sites (tertiary alicyclic amines) is 1. The highest BCUT2D eigenvalue weighted by atomic mass is 32.2. The standard InChI is InChI=1S/C22H27N3O3S2/c1-3-28-20(27)22(12-7-11-18-9-5-4-6-10-18)13-8-14-25(16-22)19(26)15-29-21-24-23-17(2)30-21/h4-7,9-11H,3,8,12-16H2,1-2H3/b11-7+/t22-/m1/s1. The lowest BCUT2D eigenvalue weighted by Gasteiger charge is -2.40. The van der Waals surface area contributed by atoms with Gasteiger partial charge in [0.1, 0.15) is 5.01 Å². The number of hydrogen-bond acceptors (Lipinski definition) is 7. The minimum atomic E-state index is -0.695. The van der Waals surface area contributed by atoms with Gasteiger partial charge in [-0.3, -0.25) is 9.59 Å². The second kappa shape index (κ2) is 10.7. The quantitative estimate of drug-likeness (QED) is 0.448. The van der Waals surface area contributed by atoms with E-state index in [2.05, 4.69) is 10.2 Å². The zero-order chi connectivity index (χ0) is 21.4. The van der Waals surface area contributed by atoms with E-state index in [0.717, 1.165) is 27.8 Å². The highest BCUT2D eigenvalue weighted by molar-refractivity contribution is 8.01. The van der Waals surface area contributed by atoms with E-state index >= 15 is 0 Å². The summed E-state index contributed by atoms with van der Waals surface area (Å²) >= 11 is 2.88. The molecule has 160 valence electrons. The molecule has 0 aliphatic carbocycles. The third kappa shape index (κ3) is 5.92. The predicted molar refractivity (Wildman–Crippen MR) is 120 cm³/mol. The number of benzene rings is 1. The first-order valence-electron chi connectivity index (χ1n) is 10.1. The van der Waals surface area contributed by atoms with Gasteiger partial charge in [0.05, 0.1) is 17.8 Å². The Kier molecular flexibility index (Phi) is 8.04. The molecule has 1 aliphatic rings. The summed E-state index contributed by atoms with van der Waals surface area (Å²) in [4.78, 5) is 27.5. The maximum atomic E-state index is 12.9. The van der Waals surface area contributed by atoms with Gasteiger partial charge in [-0.15, -0.1) is 10.2 Å². The molecule has 1 fully saturated rings. The lowest BCUT2D eigenvalue weighted by molar-refractivity contribution is -0.160. The number of carbonyl (C=O) groups excluding carboxylic acids is 2. The molecule has 3 rings (SSSR count). The van der Waals surface area contributed by atoms with Crippen molar-refractivity contribution in [3.05, 3.63) is 47.0 Å². The fourth-order valence-corrected chi connectivity index (χ4v) is 5.30. The number of carbonyl (C=O) groups is 2. The van der Waals surface area contributed by atoms with Crippen LogP contribution >= 0.6 is 23.1 Å². The zero-order valence-corrected chi connectivity index (χ0v) is 19.0. The van der Waals surface area contributed by atoms with Crippen LogP contribution in [0.1, 0.15) is 36.8 Å². The number of hydrogen-bond donors (Lipinski definition) is 0. The Morgan fingerprint density at radius 1 is 1.30 bits per heavy atom. The van der Waals surface area contributed by atoms with Crippen LogP contribution in [0, 0.1) is 12.3 Å². The molecular weight excluding hydrogens is 418 g/mol. The second-order valence-electron chi connectivity index (χ2n) is 7.31. The number of rotatable bonds is 8. The van der Waals surface area contributed by atoms with Crippen molar-refractivity contribution in [2.45, 2.75) is 37.4 Å². The minimum Gasteiger partial charge on any atom is -0.466 e. The van der Waals surface area contributed by atoms with Crippen molar-refractivity contribution < 1.29 is 14.3 Å². The number of piperidine rings is 1. The van der Waals surface area contributed by atoms with Crippen molar-refractivity contribution in [2.24, 2.45) is 5.41 Å². The van der Waals surface area contributed by atoms with Crippen LogP contribution in [0.2, 0.25) is 0 Å². The number of ether oxygens (including phenoxy) is 1. The van der Waals surface area contributed by atoms with Crippen LogP contribution in [-0.2, 0) is 14.3 Å². The fourth-order valence-electron chi connectivity index (χ4n) is 3.58. The Balaban J connectivity index is 1.67. The highest BCUT2D eigenvalue weighted by Gasteiger charge is 2.43. The van der Waals surface area contributed by atoms with Crippen molar-refractivity contribution in [1.82, 2.24) is 15.1 Å². The maximum Gasteiger partial charge on any atom is 0.314 e. The monoisotopic (exact) mass is 445 g/mol. The molecule has 1 atom stereocenters. The Hall–Kier alpha value is -2.19. The lowest BCUT2D eigenvalue weighted by atomic mass is 9.76. The third-order valence-corrected chi connectivity index (χ3v) is 7.04. The van der Waals surface area contributed by atoms with Crippen LogP contribution in [0.3, 0.4) is 0 Å². The second-order valence-corrected chi connectivity index (χ2v) is 9.72. The molecule has 2 heterocycles. The van der Waals surface area contributed by atoms with Crippen LogP contribution in [0.15, 0.2) is 40.7 Å². The van der Waals surface area contributed by atoms with Gasteiger partial charge in [0.15, 0.2) is 4.34 Å². The normalized spacial score (nSPS) is 19.2. The van der Waals surface area contributed by atoms with Crippen LogP contribution in [0.5, 0.6) is 0 Å². The van der Waals surface area contributed by atoms with Crippen molar-refractivity contribution in [2.75, 3.05) is 25.4 Å². The Morgan fingerprint density at radius 3 is 2.80 bits per heavy atom. The van der Waals surface area contributed by atoms with Crippen molar-refractivity contribution in [3.63, 3.8) is 0 Å². The molecule has 0 saturated carbocycles. The predicted octanol–water partition coefficient (Wildman–Crippen LogP) is 4.21. The van der Waals surface area contributed by atoms with Gasteiger partial charge in [0.25, 0.3) is 0 Å². The number of nitrogens with zero attached hydrogens (tertiary/aromatic N) is 3. The first kappa shape index (κ1) is 22.5. The summed E-state index contributed by atoms with van der Waals surface area (Å²) in [6, 6.07) is 9.99. The van der Waals surface area contributed by atoms with E-state index in [4.69, 9.17) is 4.74 Å². The molecule has 1 saturated heterocycles. The Bertz CT molecular complexity index is 885. The summed E-state index contributed by atoms with van der Waals surface area (Å²) in [5.74, 6) is 0.105. The van der Waals surface area contributed by atoms with Crippen molar-refractivity contribution in [1.29, 1.82) is 0 Å². The molecule has 6 nitrogen and oxygen atoms in total. The average Bonchev–Trinajstić information content (AvgIpc) is 3.18. The molecule has 2 aromatic rings. The van der Waals surface area contributed by atoms with Gasteiger partial charge in [-0.1, -0.05) is 65.6 Å². The Morgan fingerprint density at radius 2 is 2.10 bits per heavy atom. The number of aryl methyl sites for hydroxylation is 1. The molecule has 0 radical (unpaired) electrons. The summed E-state index contributed by atoms with van der Waals surface area (Å²) in [5.41, 5.74) is 0.392. The van der Waals surface area contributed by atoms with E-state index in [9.17, 15) is 9.59 Å². The first-order valence-corrected chi connectivity index (χ1v) is 11.9. The summed E-state index contributed by atoms with van der Waals surface area (Å²) in [5, 5.41) is 8.93. The smallest absolute Gasteiger partial charge is 0.314 e. The molecule has 0 N–H and O–H groups in total. The summed E-state index contributed by atoms with van der Waals surface area (Å²) in [6.07, 6.45) is 6.10. The van der Waals surface area contributed by atoms with Gasteiger partial charge in [0.2, 0.25) is 5.91 Å². The van der Waals surface area contributed by atoms with E-state index in [0.29, 0.717) is 31.9 Å². The molecule has 1 aromatic heterocycles. The maximum absolute atomic E-state index is 12.9. The Labute approximate surface area is 185 Å². The summed E-state index contributed by atoms with van der Waals surface area (Å²) in [6.45, 7) is 5.10. The van der Waals surface area contributed by atoms with Crippen LogP contribution in [-0.4, -0.2) is 52.4 Å². The molecule has 1 aliphatic heterocycles. The molecule has 8 heteroatoms. The fraction of sp³-hybridized carbons (Fsp3) is 0.455. The number of amides is 1. The number of allylic oxidation sites excluding steroid dienone is 1. The van der Waals surface area contributed by atoms with E-state index in [1.165, 1.54) is 23.1 Å². The summed E-state index contributed by atoms with van der Waals surface area (Å²) in [7, 11) is 0. The molecular formula is C22H27N3O3S2. The van der Waals surface area contributed by atoms with Crippen molar-refractivity contribution >= 4 is 41.1 Å². The molecule has 0 bridgehead atoms. The van der Waals surface area contributed by atoms with Gasteiger partial charge in [-0.05, 0) is 38.7 Å². The third-order valence-electron chi connectivity index (χ3n) is 5.08. The van der Waals surface area contributed by atoms with Gasteiger partial charge in [0, 0.05) is 13.1 Å². The number of thioether (sulfide) groups is 1. The topological polar surface area (TPSA) is 72.4 Å². The minimum absolute atomic E-state index is 0.0215. The lowest BCUT2D eigenvalue weighted by Crippen LogP contribution is -2.50. The SMILES string of the molecule is CCOC(=O)[C@]1(C/C=C/c2ccccc2)CCCN(C(=O)CSc2nnc(C)s2)C1. The molecule has 0 spiro atoms. The van der Waals surface area contributed by atoms with Crippen LogP contribution < -0.4 is 0 Å². The molecule has 1 amide bonds. The molecule has 0 unspecified atom stereocenters.